The van der Waals surface area contributed by atoms with Gasteiger partial charge in [-0.3, -0.25) is 4.79 Å². The molecule has 0 aliphatic heterocycles. The molecule has 7 N–H and O–H groups in total. The molecular weight excluding hydrogens is 246 g/mol. The first kappa shape index (κ1) is 14.1. The third kappa shape index (κ3) is 7.48. The Bertz CT molecular complexity index is 390. The molecule has 0 aliphatic carbocycles. The van der Waals surface area contributed by atoms with Crippen LogP contribution in [0, 0.1) is 0 Å². The fraction of sp³-hybridized carbons (Fsp3) is 0.250. The van der Waals surface area contributed by atoms with Crippen LogP contribution in [-0.4, -0.2) is 33.1 Å². The highest BCUT2D eigenvalue weighted by Gasteiger charge is 2.13. The van der Waals surface area contributed by atoms with Gasteiger partial charge in [0.25, 0.3) is 10.2 Å². The second kappa shape index (κ2) is 5.84. The van der Waals surface area contributed by atoms with Crippen molar-refractivity contribution in [1.29, 1.82) is 0 Å². The van der Waals surface area contributed by atoms with Crippen LogP contribution >= 0.6 is 0 Å². The number of hydrogen-bond donors (Lipinski definition) is 5. The molecule has 0 aromatic rings. The van der Waals surface area contributed by atoms with Crippen molar-refractivity contribution in [2.75, 3.05) is 6.54 Å². The summed E-state index contributed by atoms with van der Waals surface area (Å²) in [5, 5.41) is 0. The smallest absolute Gasteiger partial charge is 0.369 e. The van der Waals surface area contributed by atoms with Gasteiger partial charge in [0, 0.05) is 0 Å². The van der Waals surface area contributed by atoms with Gasteiger partial charge in [0.2, 0.25) is 5.91 Å². The SMILES string of the molecule is NC(=O)CNS(=O)(=O)NNC(=O)OC(N)=O. The van der Waals surface area contributed by atoms with Gasteiger partial charge in [-0.15, -0.1) is 4.83 Å². The molecule has 0 bridgehead atoms. The number of ether oxygens (including phenoxy) is 1. The normalized spacial score (nSPS) is 10.5. The topological polar surface area (TPSA) is 183 Å². The maximum absolute atomic E-state index is 10.9. The fourth-order valence-corrected chi connectivity index (χ4v) is 1.05. The van der Waals surface area contributed by atoms with Crippen LogP contribution < -0.4 is 26.4 Å². The van der Waals surface area contributed by atoms with Crippen LogP contribution in [0.1, 0.15) is 0 Å². The van der Waals surface area contributed by atoms with E-state index < -0.39 is 34.8 Å². The standard InChI is InChI=1S/C4H9N5O6S/c5-2(10)1-7-16(13,14)9-8-4(12)15-3(6)11/h7,9H,1H2,(H2,5,10)(H2,6,11)(H,8,12). The Balaban J connectivity index is 4.04. The molecule has 0 saturated carbocycles. The van der Waals surface area contributed by atoms with E-state index in [9.17, 15) is 22.8 Å². The van der Waals surface area contributed by atoms with Gasteiger partial charge in [0.1, 0.15) is 0 Å². The summed E-state index contributed by atoms with van der Waals surface area (Å²) < 4.78 is 27.2. The second-order valence-corrected chi connectivity index (χ2v) is 3.73. The van der Waals surface area contributed by atoms with E-state index in [4.69, 9.17) is 0 Å². The molecule has 11 nitrogen and oxygen atoms in total. The van der Waals surface area contributed by atoms with Crippen molar-refractivity contribution in [2.45, 2.75) is 0 Å². The molecule has 0 atom stereocenters. The van der Waals surface area contributed by atoms with Crippen molar-refractivity contribution in [1.82, 2.24) is 15.0 Å². The van der Waals surface area contributed by atoms with Crippen molar-refractivity contribution in [3.05, 3.63) is 0 Å². The Morgan fingerprint density at radius 2 is 1.75 bits per heavy atom. The molecule has 0 aromatic heterocycles. The molecule has 12 heteroatoms. The highest BCUT2D eigenvalue weighted by molar-refractivity contribution is 7.87. The highest BCUT2D eigenvalue weighted by Crippen LogP contribution is 1.77. The molecule has 3 amide bonds. The van der Waals surface area contributed by atoms with Crippen molar-refractivity contribution in [2.24, 2.45) is 11.5 Å². The first-order valence-electron chi connectivity index (χ1n) is 3.55. The van der Waals surface area contributed by atoms with E-state index in [-0.39, 0.29) is 0 Å². The lowest BCUT2D eigenvalue weighted by molar-refractivity contribution is -0.116. The molecule has 0 spiro atoms. The maximum Gasteiger partial charge on any atom is 0.431 e. The number of rotatable bonds is 5. The van der Waals surface area contributed by atoms with Gasteiger partial charge < -0.3 is 16.2 Å². The van der Waals surface area contributed by atoms with E-state index in [1.54, 1.807) is 4.72 Å². The number of amides is 3. The Morgan fingerprint density at radius 1 is 1.19 bits per heavy atom. The molecule has 0 aliphatic rings. The molecule has 0 fully saturated rings. The molecule has 0 heterocycles. The van der Waals surface area contributed by atoms with Crippen molar-refractivity contribution in [3.63, 3.8) is 0 Å². The molecular formula is C4H9N5O6S. The molecule has 0 radical (unpaired) electrons. The highest BCUT2D eigenvalue weighted by atomic mass is 32.2. The van der Waals surface area contributed by atoms with E-state index in [1.807, 2.05) is 0 Å². The summed E-state index contributed by atoms with van der Waals surface area (Å²) in [5.74, 6) is -0.926. The summed E-state index contributed by atoms with van der Waals surface area (Å²) >= 11 is 0. The lowest BCUT2D eigenvalue weighted by Gasteiger charge is -2.07. The first-order valence-corrected chi connectivity index (χ1v) is 5.03. The average Bonchev–Trinajstić information content (AvgIpc) is 2.11. The summed E-state index contributed by atoms with van der Waals surface area (Å²) in [5.41, 5.74) is 10.6. The fourth-order valence-electron chi connectivity index (χ4n) is 0.428. The molecule has 16 heavy (non-hydrogen) atoms. The third-order valence-corrected chi connectivity index (χ3v) is 1.81. The number of nitrogens with one attached hydrogen (secondary N) is 3. The molecule has 0 rings (SSSR count). The Hall–Kier alpha value is -1.92. The number of hydrogen-bond acceptors (Lipinski definition) is 6. The average molecular weight is 255 g/mol. The quantitative estimate of drug-likeness (QED) is 0.252. The van der Waals surface area contributed by atoms with Crippen LogP contribution in [0.5, 0.6) is 0 Å². The van der Waals surface area contributed by atoms with Gasteiger partial charge in [-0.2, -0.15) is 13.1 Å². The number of carbonyl (C=O) groups excluding carboxylic acids is 3. The van der Waals surface area contributed by atoms with Gasteiger partial charge in [0.05, 0.1) is 6.54 Å². The van der Waals surface area contributed by atoms with Crippen LogP contribution in [0.4, 0.5) is 9.59 Å². The van der Waals surface area contributed by atoms with Crippen molar-refractivity contribution < 1.29 is 27.5 Å². The minimum absolute atomic E-state index is 0.665. The van der Waals surface area contributed by atoms with Gasteiger partial charge in [-0.05, 0) is 0 Å². The monoisotopic (exact) mass is 255 g/mol. The largest absolute Gasteiger partial charge is 0.431 e. The van der Waals surface area contributed by atoms with Gasteiger partial charge in [-0.1, -0.05) is 0 Å². The third-order valence-electron chi connectivity index (χ3n) is 0.917. The number of carbonyl (C=O) groups is 3. The second-order valence-electron chi connectivity index (χ2n) is 2.23. The Morgan fingerprint density at radius 3 is 2.19 bits per heavy atom. The predicted octanol–water partition coefficient (Wildman–Crippen LogP) is -3.38. The zero-order valence-electron chi connectivity index (χ0n) is 7.72. The summed E-state index contributed by atoms with van der Waals surface area (Å²) in [4.78, 5) is 32.3. The first-order chi connectivity index (χ1) is 7.23. The summed E-state index contributed by atoms with van der Waals surface area (Å²) in [7, 11) is -4.17. The van der Waals surface area contributed by atoms with E-state index >= 15 is 0 Å². The summed E-state index contributed by atoms with van der Waals surface area (Å²) in [6.45, 7) is -0.665. The van der Waals surface area contributed by atoms with Crippen LogP contribution in [0.3, 0.4) is 0 Å². The van der Waals surface area contributed by atoms with E-state index in [0.29, 0.717) is 0 Å². The molecule has 0 aromatic carbocycles. The predicted molar refractivity (Wildman–Crippen MR) is 48.5 cm³/mol. The zero-order valence-corrected chi connectivity index (χ0v) is 8.54. The number of hydrazine groups is 1. The Kier molecular flexibility index (Phi) is 5.14. The summed E-state index contributed by atoms with van der Waals surface area (Å²) in [6.07, 6.45) is -2.85. The zero-order chi connectivity index (χ0) is 12.8. The van der Waals surface area contributed by atoms with Crippen LogP contribution in [0.25, 0.3) is 0 Å². The van der Waals surface area contributed by atoms with E-state index in [1.165, 1.54) is 10.3 Å². The minimum Gasteiger partial charge on any atom is -0.369 e. The number of primary amides is 2. The van der Waals surface area contributed by atoms with E-state index in [0.717, 1.165) is 0 Å². The van der Waals surface area contributed by atoms with E-state index in [2.05, 4.69) is 16.2 Å². The molecule has 0 saturated heterocycles. The van der Waals surface area contributed by atoms with Crippen LogP contribution in [-0.2, 0) is 19.7 Å². The lowest BCUT2D eigenvalue weighted by Crippen LogP contribution is -2.49. The molecule has 92 valence electrons. The van der Waals surface area contributed by atoms with Gasteiger partial charge >= 0.3 is 12.2 Å². The van der Waals surface area contributed by atoms with Gasteiger partial charge in [0.15, 0.2) is 0 Å². The van der Waals surface area contributed by atoms with Gasteiger partial charge in [-0.25, -0.2) is 15.0 Å². The summed E-state index contributed by atoms with van der Waals surface area (Å²) in [6, 6.07) is 0. The minimum atomic E-state index is -4.17. The van der Waals surface area contributed by atoms with Crippen molar-refractivity contribution in [3.8, 4) is 0 Å². The maximum atomic E-state index is 10.9. The van der Waals surface area contributed by atoms with Crippen molar-refractivity contribution >= 4 is 28.3 Å². The van der Waals surface area contributed by atoms with Crippen LogP contribution in [0.15, 0.2) is 0 Å². The lowest BCUT2D eigenvalue weighted by atomic mass is 10.7. The Labute approximate surface area is 89.6 Å². The number of nitrogens with two attached hydrogens (primary N) is 2. The molecule has 0 unspecified atom stereocenters. The van der Waals surface area contributed by atoms with Crippen LogP contribution in [0.2, 0.25) is 0 Å².